The van der Waals surface area contributed by atoms with Gasteiger partial charge in [-0.2, -0.15) is 0 Å². The van der Waals surface area contributed by atoms with Crippen molar-refractivity contribution < 1.29 is 9.53 Å². The van der Waals surface area contributed by atoms with Crippen LogP contribution in [-0.4, -0.2) is 32.7 Å². The van der Waals surface area contributed by atoms with Gasteiger partial charge in [-0.15, -0.1) is 0 Å². The number of hydrogen-bond donors (Lipinski definition) is 1. The highest BCUT2D eigenvalue weighted by Crippen LogP contribution is 2.33. The predicted octanol–water partition coefficient (Wildman–Crippen LogP) is 2.63. The molecular formula is C13H17BrN2O2. The van der Waals surface area contributed by atoms with Crippen LogP contribution < -0.4 is 10.2 Å². The second-order valence-corrected chi connectivity index (χ2v) is 5.34. The first-order valence-corrected chi connectivity index (χ1v) is 6.74. The lowest BCUT2D eigenvalue weighted by Crippen LogP contribution is -2.41. The van der Waals surface area contributed by atoms with Gasteiger partial charge in [0.2, 0.25) is 0 Å². The van der Waals surface area contributed by atoms with E-state index in [2.05, 4.69) is 50.1 Å². The van der Waals surface area contributed by atoms with Crippen LogP contribution in [0.25, 0.3) is 0 Å². The molecule has 1 aromatic carbocycles. The zero-order chi connectivity index (χ0) is 13.1. The molecule has 2 rings (SSSR count). The van der Waals surface area contributed by atoms with Crippen LogP contribution in [0.1, 0.15) is 12.8 Å². The molecule has 1 N–H and O–H groups in total. The van der Waals surface area contributed by atoms with E-state index in [0.29, 0.717) is 12.5 Å². The van der Waals surface area contributed by atoms with Crippen LogP contribution in [0, 0.1) is 0 Å². The third-order valence-corrected chi connectivity index (χ3v) is 3.82. The molecule has 1 heterocycles. The summed E-state index contributed by atoms with van der Waals surface area (Å²) in [7, 11) is 3.49. The quantitative estimate of drug-likeness (QED) is 0.871. The Morgan fingerprint density at radius 3 is 3.11 bits per heavy atom. The molecule has 0 aliphatic carbocycles. The number of anilines is 2. The fourth-order valence-corrected chi connectivity index (χ4v) is 2.56. The first-order valence-electron chi connectivity index (χ1n) is 5.95. The van der Waals surface area contributed by atoms with E-state index in [1.165, 1.54) is 12.8 Å². The van der Waals surface area contributed by atoms with Crippen molar-refractivity contribution in [2.75, 3.05) is 30.9 Å². The Morgan fingerprint density at radius 2 is 2.39 bits per heavy atom. The summed E-state index contributed by atoms with van der Waals surface area (Å²) >= 11 is 3.46. The number of hydrogen-bond acceptors (Lipinski definition) is 4. The molecule has 0 radical (unpaired) electrons. The second-order valence-electron chi connectivity index (χ2n) is 4.42. The maximum atomic E-state index is 11.2. The van der Waals surface area contributed by atoms with E-state index in [9.17, 15) is 4.79 Å². The summed E-state index contributed by atoms with van der Waals surface area (Å²) in [6, 6.07) is 6.50. The third kappa shape index (κ3) is 2.77. The smallest absolute Gasteiger partial charge is 0.305 e. The fraction of sp³-hybridized carbons (Fsp3) is 0.462. The van der Waals surface area contributed by atoms with Gasteiger partial charge in [0.15, 0.2) is 0 Å². The van der Waals surface area contributed by atoms with Crippen LogP contribution in [0.4, 0.5) is 11.4 Å². The lowest BCUT2D eigenvalue weighted by Gasteiger charge is -2.36. The zero-order valence-electron chi connectivity index (χ0n) is 10.6. The van der Waals surface area contributed by atoms with Gasteiger partial charge in [-0.3, -0.25) is 4.79 Å². The van der Waals surface area contributed by atoms with Crippen molar-refractivity contribution in [1.29, 1.82) is 0 Å². The van der Waals surface area contributed by atoms with Gasteiger partial charge in [0.1, 0.15) is 0 Å². The molecule has 0 saturated carbocycles. The summed E-state index contributed by atoms with van der Waals surface area (Å²) in [4.78, 5) is 13.4. The zero-order valence-corrected chi connectivity index (χ0v) is 12.2. The lowest BCUT2D eigenvalue weighted by atomic mass is 10.1. The molecule has 0 spiro atoms. The number of esters is 1. The number of likely N-dealkylation sites (N-methyl/N-ethyl adjacent to an activating group) is 1. The normalized spacial score (nSPS) is 17.9. The highest BCUT2D eigenvalue weighted by atomic mass is 79.9. The molecule has 1 aliphatic rings. The molecule has 0 fully saturated rings. The van der Waals surface area contributed by atoms with Crippen molar-refractivity contribution in [1.82, 2.24) is 0 Å². The maximum absolute atomic E-state index is 11.2. The summed E-state index contributed by atoms with van der Waals surface area (Å²) < 4.78 is 5.74. The Kier molecular flexibility index (Phi) is 4.11. The lowest BCUT2D eigenvalue weighted by molar-refractivity contribution is -0.140. The number of nitrogens with one attached hydrogen (secondary N) is 1. The van der Waals surface area contributed by atoms with Crippen molar-refractivity contribution in [2.24, 2.45) is 0 Å². The Bertz CT molecular complexity index is 451. The first kappa shape index (κ1) is 13.2. The van der Waals surface area contributed by atoms with Crippen molar-refractivity contribution in [3.63, 3.8) is 0 Å². The summed E-state index contributed by atoms with van der Waals surface area (Å²) in [5, 5.41) is 3.40. The van der Waals surface area contributed by atoms with Gasteiger partial charge >= 0.3 is 5.97 Å². The molecule has 0 unspecified atom stereocenters. The number of ether oxygens (including phenoxy) is 1. The number of fused-ring (bicyclic) bond motifs is 1. The molecule has 1 aromatic rings. The van der Waals surface area contributed by atoms with Gasteiger partial charge in [-0.25, -0.2) is 0 Å². The van der Waals surface area contributed by atoms with Crippen molar-refractivity contribution in [2.45, 2.75) is 18.9 Å². The van der Waals surface area contributed by atoms with Crippen molar-refractivity contribution in [3.05, 3.63) is 22.7 Å². The number of rotatable bonds is 3. The number of carbonyl (C=O) groups excluding carboxylic acids is 1. The summed E-state index contributed by atoms with van der Waals surface area (Å²) in [5.74, 6) is -0.148. The van der Waals surface area contributed by atoms with Crippen LogP contribution in [-0.2, 0) is 9.53 Å². The molecule has 1 atom stereocenters. The Balaban J connectivity index is 2.06. The van der Waals surface area contributed by atoms with Gasteiger partial charge in [0.25, 0.3) is 0 Å². The minimum atomic E-state index is -0.148. The highest BCUT2D eigenvalue weighted by Gasteiger charge is 2.23. The van der Waals surface area contributed by atoms with E-state index in [0.717, 1.165) is 23.1 Å². The van der Waals surface area contributed by atoms with Gasteiger partial charge in [-0.1, -0.05) is 15.9 Å². The Hall–Kier alpha value is -1.23. The summed E-state index contributed by atoms with van der Waals surface area (Å²) in [6.07, 6.45) is 1.25. The van der Waals surface area contributed by atoms with Crippen LogP contribution in [0.3, 0.4) is 0 Å². The average molecular weight is 313 g/mol. The second kappa shape index (κ2) is 5.61. The average Bonchev–Trinajstić information content (AvgIpc) is 2.37. The number of carbonyl (C=O) groups is 1. The van der Waals surface area contributed by atoms with E-state index in [1.807, 2.05) is 6.07 Å². The molecule has 1 aliphatic heterocycles. The number of nitrogens with zero attached hydrogens (tertiary/aromatic N) is 1. The fourth-order valence-electron chi connectivity index (χ4n) is 2.20. The van der Waals surface area contributed by atoms with Gasteiger partial charge in [-0.05, 0) is 24.6 Å². The number of halogens is 1. The van der Waals surface area contributed by atoms with Crippen LogP contribution in [0.5, 0.6) is 0 Å². The van der Waals surface area contributed by atoms with E-state index in [-0.39, 0.29) is 5.97 Å². The minimum absolute atomic E-state index is 0.148. The van der Waals surface area contributed by atoms with E-state index in [4.69, 9.17) is 0 Å². The van der Waals surface area contributed by atoms with E-state index < -0.39 is 0 Å². The molecule has 98 valence electrons. The molecule has 0 bridgehead atoms. The van der Waals surface area contributed by atoms with Crippen LogP contribution >= 0.6 is 15.9 Å². The largest absolute Gasteiger partial charge is 0.469 e. The standard InChI is InChI=1S/C13H17BrN2O2/c1-16-10(4-6-13(17)18-2)8-15-11-7-9(14)3-5-12(11)16/h3,5,7,10,15H,4,6,8H2,1-2H3/t10-/m0/s1. The van der Waals surface area contributed by atoms with Gasteiger partial charge < -0.3 is 15.0 Å². The predicted molar refractivity (Wildman–Crippen MR) is 76.1 cm³/mol. The summed E-state index contributed by atoms with van der Waals surface area (Å²) in [6.45, 7) is 0.844. The number of methoxy groups -OCH3 is 1. The molecular weight excluding hydrogens is 296 g/mol. The molecule has 4 nitrogen and oxygen atoms in total. The SMILES string of the molecule is COC(=O)CC[C@H]1CNc2cc(Br)ccc2N1C. The molecule has 0 amide bonds. The molecule has 0 aromatic heterocycles. The maximum Gasteiger partial charge on any atom is 0.305 e. The van der Waals surface area contributed by atoms with E-state index >= 15 is 0 Å². The van der Waals surface area contributed by atoms with E-state index in [1.54, 1.807) is 0 Å². The van der Waals surface area contributed by atoms with Crippen LogP contribution in [0.15, 0.2) is 22.7 Å². The first-order chi connectivity index (χ1) is 8.61. The minimum Gasteiger partial charge on any atom is -0.469 e. The monoisotopic (exact) mass is 312 g/mol. The topological polar surface area (TPSA) is 41.6 Å². The van der Waals surface area contributed by atoms with Crippen molar-refractivity contribution in [3.8, 4) is 0 Å². The third-order valence-electron chi connectivity index (χ3n) is 3.32. The molecule has 18 heavy (non-hydrogen) atoms. The molecule has 0 saturated heterocycles. The Morgan fingerprint density at radius 1 is 1.61 bits per heavy atom. The number of benzene rings is 1. The highest BCUT2D eigenvalue weighted by molar-refractivity contribution is 9.10. The Labute approximate surface area is 115 Å². The van der Waals surface area contributed by atoms with Crippen LogP contribution in [0.2, 0.25) is 0 Å². The van der Waals surface area contributed by atoms with Crippen molar-refractivity contribution >= 4 is 33.3 Å². The van der Waals surface area contributed by atoms with Gasteiger partial charge in [0, 0.05) is 30.5 Å². The van der Waals surface area contributed by atoms with Gasteiger partial charge in [0.05, 0.1) is 18.5 Å². The molecule has 5 heteroatoms. The summed E-state index contributed by atoms with van der Waals surface area (Å²) in [5.41, 5.74) is 2.29.